The Morgan fingerprint density at radius 2 is 1.72 bits per heavy atom. The average Bonchev–Trinajstić information content (AvgIpc) is 2.42. The molecule has 1 aromatic rings. The molecule has 0 radical (unpaired) electrons. The first-order valence-corrected chi connectivity index (χ1v) is 6.29. The van der Waals surface area contributed by atoms with Gasteiger partial charge in [-0.15, -0.1) is 0 Å². The Bertz CT molecular complexity index is 292. The van der Waals surface area contributed by atoms with Crippen LogP contribution in [0.3, 0.4) is 0 Å². The Balaban J connectivity index is 1.98. The van der Waals surface area contributed by atoms with Crippen LogP contribution in [-0.4, -0.2) is 40.1 Å². The molecule has 0 spiro atoms. The second kappa shape index (κ2) is 10.0. The van der Waals surface area contributed by atoms with Crippen LogP contribution in [0.15, 0.2) is 30.3 Å². The van der Waals surface area contributed by atoms with Gasteiger partial charge in [-0.2, -0.15) is 0 Å². The van der Waals surface area contributed by atoms with E-state index in [-0.39, 0.29) is 6.04 Å². The molecule has 0 amide bonds. The summed E-state index contributed by atoms with van der Waals surface area (Å²) in [7, 11) is 1.66. The summed E-state index contributed by atoms with van der Waals surface area (Å²) in [4.78, 5) is 0. The van der Waals surface area contributed by atoms with Crippen molar-refractivity contribution in [3.8, 4) is 0 Å². The fourth-order valence-corrected chi connectivity index (χ4v) is 1.51. The van der Waals surface area contributed by atoms with Gasteiger partial charge in [0.25, 0.3) is 0 Å². The van der Waals surface area contributed by atoms with E-state index in [0.717, 1.165) is 12.0 Å². The highest BCUT2D eigenvalue weighted by atomic mass is 16.5. The Hall–Kier alpha value is -0.940. The molecular weight excluding hydrogens is 230 g/mol. The molecule has 0 aliphatic carbocycles. The Morgan fingerprint density at radius 1 is 1.00 bits per heavy atom. The van der Waals surface area contributed by atoms with Crippen LogP contribution in [0.4, 0.5) is 0 Å². The van der Waals surface area contributed by atoms with Crippen LogP contribution in [0.1, 0.15) is 18.0 Å². The van der Waals surface area contributed by atoms with E-state index in [0.29, 0.717) is 33.0 Å². The van der Waals surface area contributed by atoms with Gasteiger partial charge < -0.3 is 19.9 Å². The number of rotatable bonds is 10. The highest BCUT2D eigenvalue weighted by Crippen LogP contribution is 2.09. The zero-order chi connectivity index (χ0) is 13.1. The quantitative estimate of drug-likeness (QED) is 0.646. The zero-order valence-electron chi connectivity index (χ0n) is 11.0. The molecule has 0 aromatic heterocycles. The monoisotopic (exact) mass is 253 g/mol. The summed E-state index contributed by atoms with van der Waals surface area (Å²) >= 11 is 0. The van der Waals surface area contributed by atoms with Crippen LogP contribution < -0.4 is 5.73 Å². The van der Waals surface area contributed by atoms with Crippen LogP contribution in [0.2, 0.25) is 0 Å². The van der Waals surface area contributed by atoms with Crippen molar-refractivity contribution in [2.24, 2.45) is 5.73 Å². The van der Waals surface area contributed by atoms with Gasteiger partial charge >= 0.3 is 0 Å². The minimum atomic E-state index is -0.0550. The van der Waals surface area contributed by atoms with E-state index in [1.165, 1.54) is 0 Å². The number of hydrogen-bond donors (Lipinski definition) is 1. The van der Waals surface area contributed by atoms with Crippen molar-refractivity contribution in [3.05, 3.63) is 35.9 Å². The van der Waals surface area contributed by atoms with Crippen molar-refractivity contribution in [2.75, 3.05) is 40.1 Å². The van der Waals surface area contributed by atoms with Crippen molar-refractivity contribution in [1.82, 2.24) is 0 Å². The van der Waals surface area contributed by atoms with E-state index in [4.69, 9.17) is 19.9 Å². The Kier molecular flexibility index (Phi) is 8.42. The third kappa shape index (κ3) is 6.71. The van der Waals surface area contributed by atoms with Gasteiger partial charge in [-0.3, -0.25) is 0 Å². The minimum Gasteiger partial charge on any atom is -0.382 e. The molecule has 1 aromatic carbocycles. The van der Waals surface area contributed by atoms with Gasteiger partial charge in [-0.25, -0.2) is 0 Å². The molecule has 4 heteroatoms. The number of benzene rings is 1. The minimum absolute atomic E-state index is 0.0550. The van der Waals surface area contributed by atoms with Crippen molar-refractivity contribution < 1.29 is 14.2 Å². The van der Waals surface area contributed by atoms with E-state index in [1.807, 2.05) is 30.3 Å². The van der Waals surface area contributed by atoms with Gasteiger partial charge in [0.2, 0.25) is 0 Å². The van der Waals surface area contributed by atoms with Crippen molar-refractivity contribution in [2.45, 2.75) is 12.5 Å². The van der Waals surface area contributed by atoms with E-state index in [1.54, 1.807) is 7.11 Å². The maximum Gasteiger partial charge on any atom is 0.0700 e. The third-order valence-corrected chi connectivity index (χ3v) is 2.53. The summed E-state index contributed by atoms with van der Waals surface area (Å²) in [6, 6.07) is 9.93. The zero-order valence-corrected chi connectivity index (χ0v) is 11.0. The van der Waals surface area contributed by atoms with Crippen molar-refractivity contribution in [3.63, 3.8) is 0 Å². The smallest absolute Gasteiger partial charge is 0.0700 e. The molecule has 0 fully saturated rings. The number of hydrogen-bond acceptors (Lipinski definition) is 4. The van der Waals surface area contributed by atoms with Gasteiger partial charge in [-0.1, -0.05) is 30.3 Å². The van der Waals surface area contributed by atoms with Gasteiger partial charge in [0.05, 0.1) is 25.9 Å². The molecule has 0 aliphatic rings. The molecule has 102 valence electrons. The molecule has 1 atom stereocenters. The third-order valence-electron chi connectivity index (χ3n) is 2.53. The van der Waals surface area contributed by atoms with Gasteiger partial charge in [0, 0.05) is 20.3 Å². The van der Waals surface area contributed by atoms with Crippen molar-refractivity contribution in [1.29, 1.82) is 0 Å². The topological polar surface area (TPSA) is 53.7 Å². The molecule has 1 rings (SSSR count). The van der Waals surface area contributed by atoms with E-state index < -0.39 is 0 Å². The predicted molar refractivity (Wildman–Crippen MR) is 71.5 cm³/mol. The molecule has 0 heterocycles. The molecule has 2 N–H and O–H groups in total. The molecule has 0 bridgehead atoms. The van der Waals surface area contributed by atoms with E-state index >= 15 is 0 Å². The molecule has 0 saturated carbocycles. The fourth-order valence-electron chi connectivity index (χ4n) is 1.51. The maximum absolute atomic E-state index is 6.00. The summed E-state index contributed by atoms with van der Waals surface area (Å²) < 4.78 is 15.7. The van der Waals surface area contributed by atoms with Crippen LogP contribution in [-0.2, 0) is 14.2 Å². The SMILES string of the molecule is COCCOCCCOCC(N)c1ccccc1. The molecule has 0 aliphatic heterocycles. The first-order chi connectivity index (χ1) is 8.84. The highest BCUT2D eigenvalue weighted by Gasteiger charge is 2.04. The van der Waals surface area contributed by atoms with Crippen LogP contribution in [0, 0.1) is 0 Å². The second-order valence-corrected chi connectivity index (χ2v) is 4.05. The molecule has 1 unspecified atom stereocenters. The lowest BCUT2D eigenvalue weighted by atomic mass is 10.1. The largest absolute Gasteiger partial charge is 0.382 e. The Labute approximate surface area is 109 Å². The van der Waals surface area contributed by atoms with Gasteiger partial charge in [0.15, 0.2) is 0 Å². The molecule has 0 saturated heterocycles. The van der Waals surface area contributed by atoms with Crippen molar-refractivity contribution >= 4 is 0 Å². The van der Waals surface area contributed by atoms with Crippen LogP contribution in [0.5, 0.6) is 0 Å². The number of methoxy groups -OCH3 is 1. The Morgan fingerprint density at radius 3 is 2.44 bits per heavy atom. The molecular formula is C14H23NO3. The summed E-state index contributed by atoms with van der Waals surface area (Å²) in [5, 5.41) is 0. The lowest BCUT2D eigenvalue weighted by Crippen LogP contribution is -2.17. The van der Waals surface area contributed by atoms with E-state index in [9.17, 15) is 0 Å². The highest BCUT2D eigenvalue weighted by molar-refractivity contribution is 5.18. The van der Waals surface area contributed by atoms with Crippen LogP contribution in [0.25, 0.3) is 0 Å². The fraction of sp³-hybridized carbons (Fsp3) is 0.571. The predicted octanol–water partition coefficient (Wildman–Crippen LogP) is 1.76. The summed E-state index contributed by atoms with van der Waals surface area (Å²) in [5.41, 5.74) is 7.11. The average molecular weight is 253 g/mol. The standard InChI is InChI=1S/C14H23NO3/c1-16-10-11-17-8-5-9-18-12-14(15)13-6-3-2-4-7-13/h2-4,6-7,14H,5,8-12,15H2,1H3. The summed E-state index contributed by atoms with van der Waals surface area (Å²) in [6.07, 6.45) is 0.880. The molecule has 4 nitrogen and oxygen atoms in total. The lowest BCUT2D eigenvalue weighted by molar-refractivity contribution is 0.0492. The molecule has 18 heavy (non-hydrogen) atoms. The van der Waals surface area contributed by atoms with Gasteiger partial charge in [-0.05, 0) is 12.0 Å². The number of ether oxygens (including phenoxy) is 3. The van der Waals surface area contributed by atoms with Crippen LogP contribution >= 0.6 is 0 Å². The summed E-state index contributed by atoms with van der Waals surface area (Å²) in [6.45, 7) is 3.19. The summed E-state index contributed by atoms with van der Waals surface area (Å²) in [5.74, 6) is 0. The first kappa shape index (κ1) is 15.1. The lowest BCUT2D eigenvalue weighted by Gasteiger charge is -2.12. The maximum atomic E-state index is 6.00. The van der Waals surface area contributed by atoms with Gasteiger partial charge in [0.1, 0.15) is 0 Å². The first-order valence-electron chi connectivity index (χ1n) is 6.29. The second-order valence-electron chi connectivity index (χ2n) is 4.05. The normalized spacial score (nSPS) is 12.6. The number of nitrogens with two attached hydrogens (primary N) is 1. The van der Waals surface area contributed by atoms with E-state index in [2.05, 4.69) is 0 Å².